The first-order valence-corrected chi connectivity index (χ1v) is 12.5. The molecular formula is C32H26N4O5. The van der Waals surface area contributed by atoms with Gasteiger partial charge >= 0.3 is 0 Å². The van der Waals surface area contributed by atoms with Crippen LogP contribution >= 0.6 is 0 Å². The molecule has 0 spiro atoms. The largest absolute Gasteiger partial charge is 0.507 e. The van der Waals surface area contributed by atoms with Crippen molar-refractivity contribution in [2.45, 2.75) is 0 Å². The van der Waals surface area contributed by atoms with Crippen molar-refractivity contribution < 1.29 is 24.2 Å². The SMILES string of the molecule is Nc1ccc(Oc2ccc(NC(=O)c3ccc(C(=O)Nc4ccc(Oc5ccc(N)cc5)cc4)c(O)c3)cc2)cc1. The van der Waals surface area contributed by atoms with Crippen LogP contribution in [0.1, 0.15) is 20.7 Å². The van der Waals surface area contributed by atoms with E-state index in [9.17, 15) is 14.7 Å². The van der Waals surface area contributed by atoms with E-state index in [1.165, 1.54) is 18.2 Å². The summed E-state index contributed by atoms with van der Waals surface area (Å²) < 4.78 is 11.5. The average molecular weight is 547 g/mol. The van der Waals surface area contributed by atoms with Gasteiger partial charge in [-0.25, -0.2) is 0 Å². The molecule has 0 saturated carbocycles. The number of nitrogen functional groups attached to an aromatic ring is 2. The first kappa shape index (κ1) is 26.6. The van der Waals surface area contributed by atoms with Crippen LogP contribution < -0.4 is 31.6 Å². The van der Waals surface area contributed by atoms with E-state index in [0.717, 1.165) is 0 Å². The molecule has 9 heteroatoms. The van der Waals surface area contributed by atoms with Crippen LogP contribution in [-0.4, -0.2) is 16.9 Å². The summed E-state index contributed by atoms with van der Waals surface area (Å²) in [5.74, 6) is 1.13. The van der Waals surface area contributed by atoms with Crippen LogP contribution in [-0.2, 0) is 0 Å². The monoisotopic (exact) mass is 546 g/mol. The minimum Gasteiger partial charge on any atom is -0.507 e. The molecule has 5 aromatic rings. The molecule has 5 aromatic carbocycles. The number of hydrogen-bond donors (Lipinski definition) is 5. The molecule has 0 heterocycles. The molecule has 5 rings (SSSR count). The standard InChI is InChI=1S/C32H26N4O5/c33-21-2-10-25(11-3-21)40-27-14-6-23(7-15-27)35-31(38)20-1-18-29(30(37)19-20)32(39)36-24-8-16-28(17-9-24)41-26-12-4-22(34)5-13-26/h1-19,37H,33-34H2,(H,35,38)(H,36,39). The zero-order chi connectivity index (χ0) is 28.8. The van der Waals surface area contributed by atoms with Crippen LogP contribution in [0.25, 0.3) is 0 Å². The Bertz CT molecular complexity index is 1670. The van der Waals surface area contributed by atoms with E-state index in [4.69, 9.17) is 20.9 Å². The lowest BCUT2D eigenvalue weighted by molar-refractivity contribution is 0.101. The molecule has 0 aliphatic rings. The van der Waals surface area contributed by atoms with Crippen molar-refractivity contribution in [1.82, 2.24) is 0 Å². The van der Waals surface area contributed by atoms with E-state index in [1.54, 1.807) is 97.1 Å². The van der Waals surface area contributed by atoms with Crippen molar-refractivity contribution in [3.63, 3.8) is 0 Å². The number of hydrogen-bond acceptors (Lipinski definition) is 7. The third-order valence-corrected chi connectivity index (χ3v) is 5.96. The molecule has 0 unspecified atom stereocenters. The summed E-state index contributed by atoms with van der Waals surface area (Å²) >= 11 is 0. The third kappa shape index (κ3) is 6.92. The van der Waals surface area contributed by atoms with E-state index < -0.39 is 11.8 Å². The van der Waals surface area contributed by atoms with E-state index >= 15 is 0 Å². The van der Waals surface area contributed by atoms with E-state index in [1.807, 2.05) is 0 Å². The number of aromatic hydroxyl groups is 1. The fraction of sp³-hybridized carbons (Fsp3) is 0. The van der Waals surface area contributed by atoms with Gasteiger partial charge in [-0.2, -0.15) is 0 Å². The third-order valence-electron chi connectivity index (χ3n) is 5.96. The van der Waals surface area contributed by atoms with Gasteiger partial charge in [0.15, 0.2) is 0 Å². The molecule has 7 N–H and O–H groups in total. The van der Waals surface area contributed by atoms with Gasteiger partial charge < -0.3 is 36.7 Å². The summed E-state index contributed by atoms with van der Waals surface area (Å²) in [6, 6.07) is 31.7. The first-order valence-electron chi connectivity index (χ1n) is 12.5. The van der Waals surface area contributed by atoms with Gasteiger partial charge in [0.25, 0.3) is 11.8 Å². The maximum atomic E-state index is 12.8. The second-order valence-corrected chi connectivity index (χ2v) is 9.03. The van der Waals surface area contributed by atoms with Crippen molar-refractivity contribution in [3.05, 3.63) is 126 Å². The van der Waals surface area contributed by atoms with Crippen molar-refractivity contribution in [3.8, 4) is 28.7 Å². The Labute approximate surface area is 236 Å². The van der Waals surface area contributed by atoms with Crippen LogP contribution in [0, 0.1) is 0 Å². The van der Waals surface area contributed by atoms with Gasteiger partial charge in [0.05, 0.1) is 5.56 Å². The highest BCUT2D eigenvalue weighted by Crippen LogP contribution is 2.27. The van der Waals surface area contributed by atoms with Gasteiger partial charge in [-0.3, -0.25) is 9.59 Å². The lowest BCUT2D eigenvalue weighted by atomic mass is 10.1. The molecule has 0 fully saturated rings. The zero-order valence-electron chi connectivity index (χ0n) is 21.7. The van der Waals surface area contributed by atoms with Crippen molar-refractivity contribution in [2.24, 2.45) is 0 Å². The number of rotatable bonds is 8. The molecule has 41 heavy (non-hydrogen) atoms. The zero-order valence-corrected chi connectivity index (χ0v) is 21.7. The highest BCUT2D eigenvalue weighted by atomic mass is 16.5. The maximum absolute atomic E-state index is 12.8. The Morgan fingerprint density at radius 3 is 1.34 bits per heavy atom. The van der Waals surface area contributed by atoms with Crippen LogP contribution in [0.15, 0.2) is 115 Å². The number of carbonyl (C=O) groups is 2. The Morgan fingerprint density at radius 1 is 0.537 bits per heavy atom. The van der Waals surface area contributed by atoms with Gasteiger partial charge in [0, 0.05) is 28.3 Å². The normalized spacial score (nSPS) is 10.4. The summed E-state index contributed by atoms with van der Waals surface area (Å²) in [6.07, 6.45) is 0. The molecule has 0 aliphatic carbocycles. The Kier molecular flexibility index (Phi) is 7.69. The second-order valence-electron chi connectivity index (χ2n) is 9.03. The molecule has 204 valence electrons. The molecule has 0 aliphatic heterocycles. The van der Waals surface area contributed by atoms with Gasteiger partial charge in [-0.05, 0) is 115 Å². The highest BCUT2D eigenvalue weighted by molar-refractivity contribution is 6.08. The average Bonchev–Trinajstić information content (AvgIpc) is 2.97. The fourth-order valence-electron chi connectivity index (χ4n) is 3.82. The molecule has 2 amide bonds. The van der Waals surface area contributed by atoms with Gasteiger partial charge in [-0.15, -0.1) is 0 Å². The number of anilines is 4. The summed E-state index contributed by atoms with van der Waals surface area (Å²) in [6.45, 7) is 0. The molecule has 9 nitrogen and oxygen atoms in total. The number of amides is 2. The number of nitrogens with two attached hydrogens (primary N) is 2. The predicted octanol–water partition coefficient (Wildman–Crippen LogP) is 6.65. The minimum atomic E-state index is -0.529. The van der Waals surface area contributed by atoms with E-state index in [2.05, 4.69) is 10.6 Å². The number of ether oxygens (including phenoxy) is 2. The molecule has 0 aromatic heterocycles. The first-order chi connectivity index (χ1) is 19.8. The number of benzene rings is 5. The lowest BCUT2D eigenvalue weighted by Gasteiger charge is -2.11. The van der Waals surface area contributed by atoms with Crippen molar-refractivity contribution >= 4 is 34.6 Å². The molecule has 0 atom stereocenters. The number of nitrogens with one attached hydrogen (secondary N) is 2. The number of carbonyl (C=O) groups excluding carboxylic acids is 2. The highest BCUT2D eigenvalue weighted by Gasteiger charge is 2.15. The molecule has 0 bridgehead atoms. The predicted molar refractivity (Wildman–Crippen MR) is 159 cm³/mol. The molecular weight excluding hydrogens is 520 g/mol. The van der Waals surface area contributed by atoms with Crippen molar-refractivity contribution in [1.29, 1.82) is 0 Å². The van der Waals surface area contributed by atoms with E-state index in [0.29, 0.717) is 45.7 Å². The van der Waals surface area contributed by atoms with Gasteiger partial charge in [0.2, 0.25) is 0 Å². The Morgan fingerprint density at radius 2 is 0.927 bits per heavy atom. The summed E-state index contributed by atoms with van der Waals surface area (Å²) in [4.78, 5) is 25.5. The quantitative estimate of drug-likeness (QED) is 0.137. The van der Waals surface area contributed by atoms with Crippen LogP contribution in [0.4, 0.5) is 22.7 Å². The van der Waals surface area contributed by atoms with Crippen LogP contribution in [0.3, 0.4) is 0 Å². The summed E-state index contributed by atoms with van der Waals surface area (Å²) in [7, 11) is 0. The summed E-state index contributed by atoms with van der Waals surface area (Å²) in [5.41, 5.74) is 13.9. The van der Waals surface area contributed by atoms with E-state index in [-0.39, 0.29) is 16.9 Å². The van der Waals surface area contributed by atoms with Gasteiger partial charge in [0.1, 0.15) is 28.7 Å². The lowest BCUT2D eigenvalue weighted by Crippen LogP contribution is -2.14. The number of phenols is 1. The van der Waals surface area contributed by atoms with Crippen LogP contribution in [0.5, 0.6) is 28.7 Å². The topological polar surface area (TPSA) is 149 Å². The summed E-state index contributed by atoms with van der Waals surface area (Å²) in [5, 5.41) is 16.0. The van der Waals surface area contributed by atoms with Crippen molar-refractivity contribution in [2.75, 3.05) is 22.1 Å². The molecule has 0 saturated heterocycles. The Hall–Kier alpha value is -5.96. The Balaban J connectivity index is 1.17. The number of phenolic OH excluding ortho intramolecular Hbond substituents is 1. The van der Waals surface area contributed by atoms with Gasteiger partial charge in [-0.1, -0.05) is 0 Å². The second kappa shape index (κ2) is 11.8. The fourth-order valence-corrected chi connectivity index (χ4v) is 3.82. The van der Waals surface area contributed by atoms with Crippen LogP contribution in [0.2, 0.25) is 0 Å². The minimum absolute atomic E-state index is 0.0212. The maximum Gasteiger partial charge on any atom is 0.259 e. The molecule has 0 radical (unpaired) electrons. The smallest absolute Gasteiger partial charge is 0.259 e.